The van der Waals surface area contributed by atoms with E-state index in [0.29, 0.717) is 18.9 Å². The molecule has 0 fully saturated rings. The molecule has 1 atom stereocenters. The molecule has 0 unspecified atom stereocenters. The van der Waals surface area contributed by atoms with Crippen molar-refractivity contribution in [1.29, 1.82) is 0 Å². The SMILES string of the molecule is CC(C)CO[C@@H](Cc1ccc(Br)cc1)C(=O)O. The van der Waals surface area contributed by atoms with Crippen molar-refractivity contribution in [2.75, 3.05) is 6.61 Å². The molecule has 17 heavy (non-hydrogen) atoms. The summed E-state index contributed by atoms with van der Waals surface area (Å²) in [6, 6.07) is 7.60. The first-order chi connectivity index (χ1) is 7.99. The minimum Gasteiger partial charge on any atom is -0.479 e. The fraction of sp³-hybridized carbons (Fsp3) is 0.462. The summed E-state index contributed by atoms with van der Waals surface area (Å²) in [5.74, 6) is -0.574. The summed E-state index contributed by atoms with van der Waals surface area (Å²) in [6.07, 6.45) is -0.367. The van der Waals surface area contributed by atoms with Gasteiger partial charge in [0, 0.05) is 10.9 Å². The van der Waals surface area contributed by atoms with Crippen LogP contribution in [0.25, 0.3) is 0 Å². The van der Waals surface area contributed by atoms with Gasteiger partial charge in [-0.1, -0.05) is 41.9 Å². The highest BCUT2D eigenvalue weighted by molar-refractivity contribution is 9.10. The Labute approximate surface area is 110 Å². The molecule has 0 heterocycles. The summed E-state index contributed by atoms with van der Waals surface area (Å²) >= 11 is 3.34. The van der Waals surface area contributed by atoms with E-state index < -0.39 is 12.1 Å². The normalized spacial score (nSPS) is 12.7. The monoisotopic (exact) mass is 300 g/mol. The lowest BCUT2D eigenvalue weighted by Gasteiger charge is -2.15. The van der Waals surface area contributed by atoms with Crippen LogP contribution in [0, 0.1) is 5.92 Å². The Morgan fingerprint density at radius 1 is 1.35 bits per heavy atom. The van der Waals surface area contributed by atoms with Gasteiger partial charge >= 0.3 is 5.97 Å². The fourth-order valence-corrected chi connectivity index (χ4v) is 1.63. The van der Waals surface area contributed by atoms with Crippen molar-refractivity contribution >= 4 is 21.9 Å². The van der Waals surface area contributed by atoms with Gasteiger partial charge in [-0.15, -0.1) is 0 Å². The molecule has 0 radical (unpaired) electrons. The lowest BCUT2D eigenvalue weighted by Crippen LogP contribution is -2.27. The molecular weight excluding hydrogens is 284 g/mol. The van der Waals surface area contributed by atoms with Gasteiger partial charge in [-0.05, 0) is 23.6 Å². The lowest BCUT2D eigenvalue weighted by molar-refractivity contribution is -0.150. The number of benzene rings is 1. The first-order valence-electron chi connectivity index (χ1n) is 5.58. The van der Waals surface area contributed by atoms with Crippen LogP contribution in [0.15, 0.2) is 28.7 Å². The third-order valence-corrected chi connectivity index (χ3v) is 2.77. The Morgan fingerprint density at radius 2 is 1.94 bits per heavy atom. The highest BCUT2D eigenvalue weighted by Gasteiger charge is 2.18. The van der Waals surface area contributed by atoms with Crippen LogP contribution in [0.5, 0.6) is 0 Å². The second-order valence-electron chi connectivity index (χ2n) is 4.38. The lowest BCUT2D eigenvalue weighted by atomic mass is 10.1. The molecule has 0 bridgehead atoms. The van der Waals surface area contributed by atoms with Crippen molar-refractivity contribution in [2.45, 2.75) is 26.4 Å². The van der Waals surface area contributed by atoms with Gasteiger partial charge in [-0.25, -0.2) is 4.79 Å². The minimum absolute atomic E-state index is 0.335. The van der Waals surface area contributed by atoms with Crippen molar-refractivity contribution in [1.82, 2.24) is 0 Å². The molecule has 0 saturated carbocycles. The number of hydrogen-bond acceptors (Lipinski definition) is 2. The van der Waals surface area contributed by atoms with E-state index in [1.807, 2.05) is 38.1 Å². The summed E-state index contributed by atoms with van der Waals surface area (Å²) in [5, 5.41) is 9.07. The number of carboxylic acid groups (broad SMARTS) is 1. The molecule has 4 heteroatoms. The number of halogens is 1. The Bertz CT molecular complexity index is 359. The Balaban J connectivity index is 2.60. The first-order valence-corrected chi connectivity index (χ1v) is 6.37. The number of carbonyl (C=O) groups is 1. The van der Waals surface area contributed by atoms with Gasteiger partial charge < -0.3 is 9.84 Å². The van der Waals surface area contributed by atoms with Crippen LogP contribution in [0.2, 0.25) is 0 Å². The Kier molecular flexibility index (Phi) is 5.65. The van der Waals surface area contributed by atoms with E-state index >= 15 is 0 Å². The predicted molar refractivity (Wildman–Crippen MR) is 70.1 cm³/mol. The Hall–Kier alpha value is -0.870. The second-order valence-corrected chi connectivity index (χ2v) is 5.30. The van der Waals surface area contributed by atoms with Gasteiger partial charge in [-0.2, -0.15) is 0 Å². The molecule has 1 aromatic carbocycles. The standard InChI is InChI=1S/C13H17BrO3/c1-9(2)8-17-12(13(15)16)7-10-3-5-11(14)6-4-10/h3-6,9,12H,7-8H2,1-2H3,(H,15,16)/t12-/m0/s1. The maximum atomic E-state index is 11.0. The molecule has 0 spiro atoms. The van der Waals surface area contributed by atoms with Gasteiger partial charge in [0.1, 0.15) is 0 Å². The van der Waals surface area contributed by atoms with E-state index in [1.165, 1.54) is 0 Å². The van der Waals surface area contributed by atoms with Crippen molar-refractivity contribution < 1.29 is 14.6 Å². The van der Waals surface area contributed by atoms with Crippen LogP contribution in [0.1, 0.15) is 19.4 Å². The molecule has 0 aliphatic rings. The van der Waals surface area contributed by atoms with Crippen LogP contribution >= 0.6 is 15.9 Å². The smallest absolute Gasteiger partial charge is 0.333 e. The van der Waals surface area contributed by atoms with E-state index in [-0.39, 0.29) is 0 Å². The number of rotatable bonds is 6. The quantitative estimate of drug-likeness (QED) is 0.878. The molecule has 0 aliphatic carbocycles. The first kappa shape index (κ1) is 14.2. The van der Waals surface area contributed by atoms with Gasteiger partial charge in [0.15, 0.2) is 6.10 Å². The number of carboxylic acids is 1. The van der Waals surface area contributed by atoms with Crippen LogP contribution < -0.4 is 0 Å². The third kappa shape index (κ3) is 5.33. The molecule has 1 aromatic rings. The maximum Gasteiger partial charge on any atom is 0.333 e. The topological polar surface area (TPSA) is 46.5 Å². The highest BCUT2D eigenvalue weighted by atomic mass is 79.9. The van der Waals surface area contributed by atoms with Gasteiger partial charge in [0.05, 0.1) is 6.61 Å². The number of hydrogen-bond donors (Lipinski definition) is 1. The van der Waals surface area contributed by atoms with Gasteiger partial charge in [0.2, 0.25) is 0 Å². The molecule has 1 rings (SSSR count). The molecule has 0 aliphatic heterocycles. The van der Waals surface area contributed by atoms with Crippen LogP contribution in [0.3, 0.4) is 0 Å². The van der Waals surface area contributed by atoms with Crippen LogP contribution in [0.4, 0.5) is 0 Å². The number of aliphatic carboxylic acids is 1. The summed E-state index contributed by atoms with van der Waals surface area (Å²) in [7, 11) is 0. The minimum atomic E-state index is -0.909. The molecule has 3 nitrogen and oxygen atoms in total. The van der Waals surface area contributed by atoms with E-state index in [4.69, 9.17) is 9.84 Å². The second kappa shape index (κ2) is 6.77. The van der Waals surface area contributed by atoms with E-state index in [1.54, 1.807) is 0 Å². The summed E-state index contributed by atoms with van der Waals surface area (Å²) in [6.45, 7) is 4.46. The molecule has 0 amide bonds. The van der Waals surface area contributed by atoms with E-state index in [0.717, 1.165) is 10.0 Å². The van der Waals surface area contributed by atoms with Gasteiger partial charge in [-0.3, -0.25) is 0 Å². The summed E-state index contributed by atoms with van der Waals surface area (Å²) in [4.78, 5) is 11.0. The number of ether oxygens (including phenoxy) is 1. The third-order valence-electron chi connectivity index (χ3n) is 2.24. The molecule has 0 saturated heterocycles. The molecule has 94 valence electrons. The van der Waals surface area contributed by atoms with Crippen molar-refractivity contribution in [3.05, 3.63) is 34.3 Å². The zero-order chi connectivity index (χ0) is 12.8. The zero-order valence-corrected chi connectivity index (χ0v) is 11.6. The van der Waals surface area contributed by atoms with Gasteiger partial charge in [0.25, 0.3) is 0 Å². The largest absolute Gasteiger partial charge is 0.479 e. The predicted octanol–water partition coefficient (Wildman–Crippen LogP) is 3.12. The zero-order valence-electron chi connectivity index (χ0n) is 10.0. The van der Waals surface area contributed by atoms with Crippen LogP contribution in [-0.2, 0) is 16.0 Å². The van der Waals surface area contributed by atoms with Crippen molar-refractivity contribution in [3.8, 4) is 0 Å². The van der Waals surface area contributed by atoms with E-state index in [2.05, 4.69) is 15.9 Å². The fourth-order valence-electron chi connectivity index (χ4n) is 1.36. The highest BCUT2D eigenvalue weighted by Crippen LogP contribution is 2.13. The average molecular weight is 301 g/mol. The van der Waals surface area contributed by atoms with Crippen molar-refractivity contribution in [3.63, 3.8) is 0 Å². The average Bonchev–Trinajstić information content (AvgIpc) is 2.26. The van der Waals surface area contributed by atoms with E-state index in [9.17, 15) is 4.79 Å². The molecule has 0 aromatic heterocycles. The molecular formula is C13H17BrO3. The maximum absolute atomic E-state index is 11.0. The summed E-state index contributed by atoms with van der Waals surface area (Å²) in [5.41, 5.74) is 0.962. The Morgan fingerprint density at radius 3 is 2.41 bits per heavy atom. The van der Waals surface area contributed by atoms with Crippen LogP contribution in [-0.4, -0.2) is 23.8 Å². The molecule has 1 N–H and O–H groups in total. The summed E-state index contributed by atoms with van der Waals surface area (Å²) < 4.78 is 6.37. The van der Waals surface area contributed by atoms with Crippen molar-refractivity contribution in [2.24, 2.45) is 5.92 Å².